The predicted molar refractivity (Wildman–Crippen MR) is 51.7 cm³/mol. The Hall–Kier alpha value is -0.770. The number of hydrogen-bond donors (Lipinski definition) is 1. The maximum absolute atomic E-state index is 6.03. The first kappa shape index (κ1) is 10.3. The first-order chi connectivity index (χ1) is 6.20. The van der Waals surface area contributed by atoms with E-state index in [0.717, 1.165) is 11.1 Å². The molecule has 0 unspecified atom stereocenters. The highest BCUT2D eigenvalue weighted by atomic mass is 35.5. The third kappa shape index (κ3) is 2.12. The van der Waals surface area contributed by atoms with E-state index < -0.39 is 0 Å². The van der Waals surface area contributed by atoms with E-state index in [1.807, 2.05) is 19.1 Å². The highest BCUT2D eigenvalue weighted by Gasteiger charge is 2.09. The summed E-state index contributed by atoms with van der Waals surface area (Å²) in [6, 6.07) is 3.73. The first-order valence-corrected chi connectivity index (χ1v) is 4.22. The lowest BCUT2D eigenvalue weighted by molar-refractivity contribution is 0.123. The van der Waals surface area contributed by atoms with Crippen molar-refractivity contribution in [3.63, 3.8) is 0 Å². The van der Waals surface area contributed by atoms with Crippen molar-refractivity contribution in [1.82, 2.24) is 0 Å². The van der Waals surface area contributed by atoms with Crippen molar-refractivity contribution in [3.05, 3.63) is 28.3 Å². The molecule has 3 nitrogen and oxygen atoms in total. The van der Waals surface area contributed by atoms with Crippen molar-refractivity contribution < 1.29 is 9.57 Å². The van der Waals surface area contributed by atoms with Gasteiger partial charge in [0, 0.05) is 5.56 Å². The zero-order valence-electron chi connectivity index (χ0n) is 7.63. The number of aryl methyl sites for hydroxylation is 1. The molecule has 0 aromatic heterocycles. The second kappa shape index (κ2) is 4.46. The third-order valence-corrected chi connectivity index (χ3v) is 2.30. The molecule has 1 aromatic carbocycles. The van der Waals surface area contributed by atoms with Gasteiger partial charge in [-0.15, -0.1) is 0 Å². The van der Waals surface area contributed by atoms with Gasteiger partial charge in [0.25, 0.3) is 0 Å². The number of benzene rings is 1. The average molecular weight is 202 g/mol. The molecule has 0 aliphatic rings. The van der Waals surface area contributed by atoms with Crippen molar-refractivity contribution >= 4 is 11.6 Å². The number of ether oxygens (including phenoxy) is 1. The molecule has 1 rings (SSSR count). The first-order valence-electron chi connectivity index (χ1n) is 3.84. The van der Waals surface area contributed by atoms with Crippen LogP contribution in [0, 0.1) is 6.92 Å². The summed E-state index contributed by atoms with van der Waals surface area (Å²) in [5.41, 5.74) is 1.90. The molecular formula is C9H12ClNO2. The zero-order valence-corrected chi connectivity index (χ0v) is 8.39. The van der Waals surface area contributed by atoms with Gasteiger partial charge >= 0.3 is 0 Å². The fourth-order valence-electron chi connectivity index (χ4n) is 1.11. The van der Waals surface area contributed by atoms with Gasteiger partial charge in [-0.05, 0) is 18.6 Å². The predicted octanol–water partition coefficient (Wildman–Crippen LogP) is 2.05. The van der Waals surface area contributed by atoms with Crippen molar-refractivity contribution in [2.75, 3.05) is 7.11 Å². The van der Waals surface area contributed by atoms with Crippen LogP contribution in [0.25, 0.3) is 0 Å². The number of halogens is 1. The van der Waals surface area contributed by atoms with Crippen molar-refractivity contribution in [2.24, 2.45) is 5.90 Å². The quantitative estimate of drug-likeness (QED) is 0.762. The van der Waals surface area contributed by atoms with Gasteiger partial charge in [0.1, 0.15) is 5.75 Å². The van der Waals surface area contributed by atoms with E-state index in [1.165, 1.54) is 0 Å². The Bertz CT molecular complexity index is 302. The maximum Gasteiger partial charge on any atom is 0.137 e. The average Bonchev–Trinajstić information content (AvgIpc) is 2.12. The van der Waals surface area contributed by atoms with Crippen molar-refractivity contribution in [1.29, 1.82) is 0 Å². The topological polar surface area (TPSA) is 44.5 Å². The Kier molecular flexibility index (Phi) is 3.54. The standard InChI is InChI=1S/C9H12ClNO2/c1-6-3-4-8(12-2)9(10)7(6)5-13-11/h3-4H,5,11H2,1-2H3. The molecule has 0 amide bonds. The Balaban J connectivity index is 3.13. The molecule has 0 aliphatic carbocycles. The molecule has 0 heterocycles. The highest BCUT2D eigenvalue weighted by Crippen LogP contribution is 2.30. The summed E-state index contributed by atoms with van der Waals surface area (Å²) < 4.78 is 5.06. The van der Waals surface area contributed by atoms with Gasteiger partial charge in [-0.25, -0.2) is 5.90 Å². The van der Waals surface area contributed by atoms with Gasteiger partial charge in [-0.3, -0.25) is 4.84 Å². The van der Waals surface area contributed by atoms with Gasteiger partial charge in [0.05, 0.1) is 18.7 Å². The minimum Gasteiger partial charge on any atom is -0.495 e. The molecule has 0 saturated heterocycles. The normalized spacial score (nSPS) is 10.2. The number of methoxy groups -OCH3 is 1. The number of nitrogens with two attached hydrogens (primary N) is 1. The van der Waals surface area contributed by atoms with E-state index in [1.54, 1.807) is 7.11 Å². The molecule has 0 fully saturated rings. The Morgan fingerprint density at radius 2 is 2.15 bits per heavy atom. The van der Waals surface area contributed by atoms with Crippen LogP contribution in [0.2, 0.25) is 5.02 Å². The van der Waals surface area contributed by atoms with Crippen LogP contribution in [0.4, 0.5) is 0 Å². The van der Waals surface area contributed by atoms with E-state index in [2.05, 4.69) is 4.84 Å². The summed E-state index contributed by atoms with van der Waals surface area (Å²) in [5.74, 6) is 5.63. The summed E-state index contributed by atoms with van der Waals surface area (Å²) in [6.45, 7) is 2.24. The van der Waals surface area contributed by atoms with Gasteiger partial charge in [-0.1, -0.05) is 17.7 Å². The van der Waals surface area contributed by atoms with Crippen LogP contribution in [0.3, 0.4) is 0 Å². The monoisotopic (exact) mass is 201 g/mol. The molecule has 0 saturated carbocycles. The molecule has 0 radical (unpaired) electrons. The van der Waals surface area contributed by atoms with Crippen molar-refractivity contribution in [3.8, 4) is 5.75 Å². The van der Waals surface area contributed by atoms with Gasteiger partial charge in [-0.2, -0.15) is 0 Å². The molecule has 0 atom stereocenters. The van der Waals surface area contributed by atoms with Crippen LogP contribution in [-0.2, 0) is 11.4 Å². The van der Waals surface area contributed by atoms with E-state index in [9.17, 15) is 0 Å². The van der Waals surface area contributed by atoms with Crippen LogP contribution in [0.5, 0.6) is 5.75 Å². The van der Waals surface area contributed by atoms with Gasteiger partial charge in [0.2, 0.25) is 0 Å². The van der Waals surface area contributed by atoms with Crippen molar-refractivity contribution in [2.45, 2.75) is 13.5 Å². The lowest BCUT2D eigenvalue weighted by Crippen LogP contribution is -2.02. The third-order valence-electron chi connectivity index (χ3n) is 1.89. The van der Waals surface area contributed by atoms with Crippen LogP contribution in [0.15, 0.2) is 12.1 Å². The molecule has 2 N–H and O–H groups in total. The summed E-state index contributed by atoms with van der Waals surface area (Å²) >= 11 is 6.03. The van der Waals surface area contributed by atoms with Crippen LogP contribution in [-0.4, -0.2) is 7.11 Å². The Morgan fingerprint density at radius 1 is 1.46 bits per heavy atom. The summed E-state index contributed by atoms with van der Waals surface area (Å²) in [4.78, 5) is 4.55. The molecule has 0 aliphatic heterocycles. The van der Waals surface area contributed by atoms with Crippen LogP contribution < -0.4 is 10.6 Å². The molecule has 72 valence electrons. The lowest BCUT2D eigenvalue weighted by Gasteiger charge is -2.10. The zero-order chi connectivity index (χ0) is 9.84. The largest absolute Gasteiger partial charge is 0.495 e. The number of rotatable bonds is 3. The Labute approximate surface area is 82.4 Å². The van der Waals surface area contributed by atoms with Gasteiger partial charge < -0.3 is 4.74 Å². The molecule has 0 spiro atoms. The lowest BCUT2D eigenvalue weighted by atomic mass is 10.1. The fourth-order valence-corrected chi connectivity index (χ4v) is 1.46. The minimum atomic E-state index is 0.294. The second-order valence-corrected chi connectivity index (χ2v) is 3.07. The molecule has 0 bridgehead atoms. The van der Waals surface area contributed by atoms with E-state index in [-0.39, 0.29) is 0 Å². The molecule has 1 aromatic rings. The Morgan fingerprint density at radius 3 is 2.69 bits per heavy atom. The summed E-state index contributed by atoms with van der Waals surface area (Å²) in [5, 5.41) is 0.563. The van der Waals surface area contributed by atoms with Crippen LogP contribution >= 0.6 is 11.6 Å². The summed E-state index contributed by atoms with van der Waals surface area (Å²) in [6.07, 6.45) is 0. The van der Waals surface area contributed by atoms with E-state index in [4.69, 9.17) is 22.2 Å². The van der Waals surface area contributed by atoms with E-state index in [0.29, 0.717) is 17.4 Å². The smallest absolute Gasteiger partial charge is 0.137 e. The number of hydrogen-bond acceptors (Lipinski definition) is 3. The molecular weight excluding hydrogens is 190 g/mol. The molecule has 13 heavy (non-hydrogen) atoms. The van der Waals surface area contributed by atoms with Crippen LogP contribution in [0.1, 0.15) is 11.1 Å². The SMILES string of the molecule is COc1ccc(C)c(CON)c1Cl. The highest BCUT2D eigenvalue weighted by molar-refractivity contribution is 6.32. The molecule has 4 heteroatoms. The van der Waals surface area contributed by atoms with Gasteiger partial charge in [0.15, 0.2) is 0 Å². The minimum absolute atomic E-state index is 0.294. The summed E-state index contributed by atoms with van der Waals surface area (Å²) in [7, 11) is 1.57. The maximum atomic E-state index is 6.03. The second-order valence-electron chi connectivity index (χ2n) is 2.69. The van der Waals surface area contributed by atoms with E-state index >= 15 is 0 Å². The fraction of sp³-hybridized carbons (Fsp3) is 0.333.